The molecule has 1 atom stereocenters. The fourth-order valence-corrected chi connectivity index (χ4v) is 3.59. The van der Waals surface area contributed by atoms with Gasteiger partial charge in [0, 0.05) is 36.1 Å². The maximum absolute atomic E-state index is 12.8. The zero-order valence-corrected chi connectivity index (χ0v) is 16.1. The minimum atomic E-state index is -0.788. The average molecular weight is 412 g/mol. The summed E-state index contributed by atoms with van der Waals surface area (Å²) in [7, 11) is 0. The third-order valence-electron chi connectivity index (χ3n) is 4.84. The third-order valence-corrected chi connectivity index (χ3v) is 5.10. The quantitative estimate of drug-likeness (QED) is 0.380. The molecule has 1 N–H and O–H groups in total. The third kappa shape index (κ3) is 3.69. The van der Waals surface area contributed by atoms with Crippen LogP contribution in [-0.4, -0.2) is 37.8 Å². The molecule has 1 aromatic carbocycles. The fourth-order valence-electron chi connectivity index (χ4n) is 3.46. The molecule has 1 fully saturated rings. The van der Waals surface area contributed by atoms with Crippen molar-refractivity contribution in [3.05, 3.63) is 83.3 Å². The van der Waals surface area contributed by atoms with Gasteiger partial charge in [-0.2, -0.15) is 0 Å². The van der Waals surface area contributed by atoms with E-state index in [9.17, 15) is 14.7 Å². The van der Waals surface area contributed by atoms with E-state index in [4.69, 9.17) is 16.0 Å². The summed E-state index contributed by atoms with van der Waals surface area (Å²) in [5, 5.41) is 11.3. The van der Waals surface area contributed by atoms with E-state index in [1.807, 2.05) is 10.8 Å². The molecule has 0 aliphatic carbocycles. The van der Waals surface area contributed by atoms with E-state index in [0.29, 0.717) is 35.9 Å². The largest absolute Gasteiger partial charge is 0.507 e. The van der Waals surface area contributed by atoms with Crippen LogP contribution in [0.15, 0.2) is 71.4 Å². The number of hydrogen-bond donors (Lipinski definition) is 1. The van der Waals surface area contributed by atoms with Crippen molar-refractivity contribution in [2.45, 2.75) is 19.0 Å². The van der Waals surface area contributed by atoms with Crippen LogP contribution in [0.5, 0.6) is 0 Å². The number of aliphatic hydroxyl groups is 1. The molecule has 0 saturated carbocycles. The number of carbonyl (C=O) groups is 2. The molecule has 0 radical (unpaired) electrons. The lowest BCUT2D eigenvalue weighted by Gasteiger charge is -2.23. The normalized spacial score (nSPS) is 18.5. The molecule has 7 nitrogen and oxygen atoms in total. The van der Waals surface area contributed by atoms with E-state index in [1.165, 1.54) is 11.2 Å². The van der Waals surface area contributed by atoms with Crippen LogP contribution in [0.1, 0.15) is 23.8 Å². The highest BCUT2D eigenvalue weighted by molar-refractivity contribution is 6.46. The topological polar surface area (TPSA) is 88.6 Å². The van der Waals surface area contributed by atoms with Gasteiger partial charge in [-0.25, -0.2) is 4.98 Å². The summed E-state index contributed by atoms with van der Waals surface area (Å²) in [6, 6.07) is 9.01. The number of aromatic nitrogens is 2. The van der Waals surface area contributed by atoms with Gasteiger partial charge in [-0.3, -0.25) is 9.59 Å². The number of rotatable bonds is 6. The van der Waals surface area contributed by atoms with Crippen molar-refractivity contribution in [3.8, 4) is 0 Å². The van der Waals surface area contributed by atoms with Crippen LogP contribution in [0.2, 0.25) is 5.02 Å². The maximum atomic E-state index is 12.8. The molecule has 1 aliphatic rings. The first-order chi connectivity index (χ1) is 14.1. The molecule has 3 aromatic rings. The molecule has 0 unspecified atom stereocenters. The highest BCUT2D eigenvalue weighted by atomic mass is 35.5. The summed E-state index contributed by atoms with van der Waals surface area (Å²) in [6.07, 6.45) is 7.29. The number of carbonyl (C=O) groups excluding carboxylic acids is 2. The Bertz CT molecular complexity index is 1040. The van der Waals surface area contributed by atoms with E-state index in [1.54, 1.807) is 48.9 Å². The number of aliphatic hydroxyl groups excluding tert-OH is 1. The van der Waals surface area contributed by atoms with E-state index in [0.717, 1.165) is 0 Å². The number of benzene rings is 1. The van der Waals surface area contributed by atoms with Crippen LogP contribution < -0.4 is 0 Å². The number of nitrogens with zero attached hydrogens (tertiary/aromatic N) is 3. The van der Waals surface area contributed by atoms with Crippen molar-refractivity contribution in [1.82, 2.24) is 14.5 Å². The van der Waals surface area contributed by atoms with Gasteiger partial charge < -0.3 is 19.0 Å². The monoisotopic (exact) mass is 411 g/mol. The lowest BCUT2D eigenvalue weighted by atomic mass is 9.99. The standard InChI is InChI=1S/C21H18ClN3O4/c22-15-6-4-14(5-7-15)19(26)17-18(16-3-1-12-29-16)25(21(28)20(17)27)10-2-9-24-11-8-23-13-24/h1,3-8,11-13,18,26H,2,9-10H2/t18-/m1/s1. The molecule has 1 saturated heterocycles. The SMILES string of the molecule is O=C1C(=O)N(CCCn2ccnc2)[C@H](c2ccco2)C1=C(O)c1ccc(Cl)cc1. The van der Waals surface area contributed by atoms with Crippen LogP contribution in [0.4, 0.5) is 0 Å². The van der Waals surface area contributed by atoms with Gasteiger partial charge in [0.2, 0.25) is 0 Å². The smallest absolute Gasteiger partial charge is 0.295 e. The zero-order valence-electron chi connectivity index (χ0n) is 15.4. The molecule has 8 heteroatoms. The summed E-state index contributed by atoms with van der Waals surface area (Å²) in [6.45, 7) is 0.969. The van der Waals surface area contributed by atoms with Gasteiger partial charge >= 0.3 is 0 Å². The number of hydrogen-bond acceptors (Lipinski definition) is 5. The van der Waals surface area contributed by atoms with Crippen LogP contribution >= 0.6 is 11.6 Å². The van der Waals surface area contributed by atoms with Crippen LogP contribution in [0.25, 0.3) is 5.76 Å². The van der Waals surface area contributed by atoms with Crippen molar-refractivity contribution in [1.29, 1.82) is 0 Å². The minimum absolute atomic E-state index is 0.00917. The Hall–Kier alpha value is -3.32. The molecule has 4 rings (SSSR count). The molecular formula is C21H18ClN3O4. The lowest BCUT2D eigenvalue weighted by molar-refractivity contribution is -0.140. The molecule has 1 amide bonds. The molecule has 2 aromatic heterocycles. The second kappa shape index (κ2) is 7.97. The maximum Gasteiger partial charge on any atom is 0.295 e. The fraction of sp³-hybridized carbons (Fsp3) is 0.190. The van der Waals surface area contributed by atoms with Gasteiger partial charge in [-0.15, -0.1) is 0 Å². The predicted molar refractivity (Wildman–Crippen MR) is 106 cm³/mol. The summed E-state index contributed by atoms with van der Waals surface area (Å²) >= 11 is 5.91. The zero-order chi connectivity index (χ0) is 20.4. The van der Waals surface area contributed by atoms with Crippen molar-refractivity contribution in [3.63, 3.8) is 0 Å². The van der Waals surface area contributed by atoms with Crippen LogP contribution in [0.3, 0.4) is 0 Å². The Labute approximate surface area is 171 Å². The van der Waals surface area contributed by atoms with Gasteiger partial charge in [0.25, 0.3) is 11.7 Å². The van der Waals surface area contributed by atoms with Crippen LogP contribution in [-0.2, 0) is 16.1 Å². The van der Waals surface area contributed by atoms with E-state index in [-0.39, 0.29) is 11.3 Å². The number of ketones is 1. The summed E-state index contributed by atoms with van der Waals surface area (Å²) in [5.41, 5.74) is 0.414. The minimum Gasteiger partial charge on any atom is -0.507 e. The number of furan rings is 1. The molecule has 3 heterocycles. The Morgan fingerprint density at radius 2 is 1.97 bits per heavy atom. The van der Waals surface area contributed by atoms with Gasteiger partial charge in [-0.05, 0) is 42.8 Å². The molecule has 148 valence electrons. The molecule has 29 heavy (non-hydrogen) atoms. The molecule has 0 bridgehead atoms. The second-order valence-electron chi connectivity index (χ2n) is 6.67. The first-order valence-corrected chi connectivity index (χ1v) is 9.47. The highest BCUT2D eigenvalue weighted by Gasteiger charge is 2.47. The molecule has 0 spiro atoms. The first-order valence-electron chi connectivity index (χ1n) is 9.10. The number of likely N-dealkylation sites (tertiary alicyclic amines) is 1. The number of Topliss-reactive ketones (excluding diaryl/α,β-unsaturated/α-hetero) is 1. The molecule has 1 aliphatic heterocycles. The predicted octanol–water partition coefficient (Wildman–Crippen LogP) is 3.64. The van der Waals surface area contributed by atoms with Gasteiger partial charge in [-0.1, -0.05) is 11.6 Å². The van der Waals surface area contributed by atoms with Crippen molar-refractivity contribution < 1.29 is 19.1 Å². The van der Waals surface area contributed by atoms with Crippen LogP contribution in [0, 0.1) is 0 Å². The van der Waals surface area contributed by atoms with Gasteiger partial charge in [0.15, 0.2) is 0 Å². The molecular weight excluding hydrogens is 394 g/mol. The number of aryl methyl sites for hydroxylation is 1. The number of halogens is 1. The van der Waals surface area contributed by atoms with E-state index >= 15 is 0 Å². The van der Waals surface area contributed by atoms with Crippen molar-refractivity contribution in [2.75, 3.05) is 6.54 Å². The Morgan fingerprint density at radius 1 is 1.17 bits per heavy atom. The number of amides is 1. The summed E-state index contributed by atoms with van der Waals surface area (Å²) in [4.78, 5) is 31.0. The van der Waals surface area contributed by atoms with Gasteiger partial charge in [0.1, 0.15) is 17.6 Å². The Morgan fingerprint density at radius 3 is 2.62 bits per heavy atom. The average Bonchev–Trinajstić information content (AvgIpc) is 3.46. The Balaban J connectivity index is 1.68. The Kier molecular flexibility index (Phi) is 5.22. The number of imidazole rings is 1. The first kappa shape index (κ1) is 19.0. The summed E-state index contributed by atoms with van der Waals surface area (Å²) < 4.78 is 7.40. The van der Waals surface area contributed by atoms with Crippen molar-refractivity contribution in [2.24, 2.45) is 0 Å². The van der Waals surface area contributed by atoms with E-state index < -0.39 is 17.7 Å². The van der Waals surface area contributed by atoms with E-state index in [2.05, 4.69) is 4.98 Å². The summed E-state index contributed by atoms with van der Waals surface area (Å²) in [5.74, 6) is -1.23. The van der Waals surface area contributed by atoms with Gasteiger partial charge in [0.05, 0.1) is 18.2 Å². The van der Waals surface area contributed by atoms with Crippen molar-refractivity contribution >= 4 is 29.1 Å². The lowest BCUT2D eigenvalue weighted by Crippen LogP contribution is -2.31. The highest BCUT2D eigenvalue weighted by Crippen LogP contribution is 2.39. The second-order valence-corrected chi connectivity index (χ2v) is 7.11.